The van der Waals surface area contributed by atoms with Crippen LogP contribution in [0.5, 0.6) is 0 Å². The number of benzene rings is 1. The van der Waals surface area contributed by atoms with Crippen molar-refractivity contribution in [3.05, 3.63) is 35.9 Å². The molecule has 0 saturated heterocycles. The summed E-state index contributed by atoms with van der Waals surface area (Å²) < 4.78 is 0. The van der Waals surface area contributed by atoms with Crippen LogP contribution in [0.15, 0.2) is 35.3 Å². The molecule has 0 aliphatic heterocycles. The molecule has 0 amide bonds. The predicted octanol–water partition coefficient (Wildman–Crippen LogP) is 3.39. The van der Waals surface area contributed by atoms with Crippen LogP contribution in [-0.4, -0.2) is 35.5 Å². The van der Waals surface area contributed by atoms with E-state index in [0.717, 1.165) is 30.8 Å². The summed E-state index contributed by atoms with van der Waals surface area (Å²) in [5.41, 5.74) is 1.17. The highest BCUT2D eigenvalue weighted by molar-refractivity contribution is 7.99. The first-order valence-corrected chi connectivity index (χ1v) is 7.75. The molecule has 1 atom stereocenters. The standard InChI is InChI=1S/C15H23NOS/c1-14(9-12-18-11-6-5-10-17)16-13-15-7-3-2-4-8-15/h2-4,7-8,13-14,17H,5-6,9-12H2,1H3. The summed E-state index contributed by atoms with van der Waals surface area (Å²) in [6.45, 7) is 2.48. The van der Waals surface area contributed by atoms with Crippen LogP contribution in [0.4, 0.5) is 0 Å². The van der Waals surface area contributed by atoms with Crippen molar-refractivity contribution >= 4 is 18.0 Å². The minimum Gasteiger partial charge on any atom is -0.396 e. The van der Waals surface area contributed by atoms with Crippen LogP contribution in [0.2, 0.25) is 0 Å². The van der Waals surface area contributed by atoms with Crippen LogP contribution < -0.4 is 0 Å². The van der Waals surface area contributed by atoms with Gasteiger partial charge in [0.2, 0.25) is 0 Å². The largest absolute Gasteiger partial charge is 0.396 e. The van der Waals surface area contributed by atoms with E-state index in [1.54, 1.807) is 0 Å². The number of thioether (sulfide) groups is 1. The molecular formula is C15H23NOS. The fourth-order valence-electron chi connectivity index (χ4n) is 1.50. The maximum Gasteiger partial charge on any atom is 0.0479 e. The van der Waals surface area contributed by atoms with Crippen LogP contribution in [0.25, 0.3) is 0 Å². The number of rotatable bonds is 9. The lowest BCUT2D eigenvalue weighted by atomic mass is 10.2. The lowest BCUT2D eigenvalue weighted by molar-refractivity contribution is 0.287. The van der Waals surface area contributed by atoms with E-state index in [4.69, 9.17) is 5.11 Å². The van der Waals surface area contributed by atoms with Gasteiger partial charge in [0.15, 0.2) is 0 Å². The summed E-state index contributed by atoms with van der Waals surface area (Å²) >= 11 is 1.96. The number of aliphatic hydroxyl groups excluding tert-OH is 1. The van der Waals surface area contributed by atoms with E-state index in [-0.39, 0.29) is 0 Å². The number of aliphatic hydroxyl groups is 1. The fourth-order valence-corrected chi connectivity index (χ4v) is 2.62. The molecule has 1 unspecified atom stereocenters. The van der Waals surface area contributed by atoms with Crippen molar-refractivity contribution in [2.75, 3.05) is 18.1 Å². The van der Waals surface area contributed by atoms with Crippen LogP contribution in [0.1, 0.15) is 31.7 Å². The zero-order valence-corrected chi connectivity index (χ0v) is 11.9. The van der Waals surface area contributed by atoms with Gasteiger partial charge < -0.3 is 5.11 Å². The Hall–Kier alpha value is -0.800. The van der Waals surface area contributed by atoms with Gasteiger partial charge in [-0.2, -0.15) is 11.8 Å². The van der Waals surface area contributed by atoms with Gasteiger partial charge in [-0.3, -0.25) is 4.99 Å². The number of hydrogen-bond donors (Lipinski definition) is 1. The van der Waals surface area contributed by atoms with Gasteiger partial charge in [-0.25, -0.2) is 0 Å². The van der Waals surface area contributed by atoms with E-state index < -0.39 is 0 Å². The highest BCUT2D eigenvalue weighted by atomic mass is 32.2. The van der Waals surface area contributed by atoms with Gasteiger partial charge >= 0.3 is 0 Å². The SMILES string of the molecule is CC(CCSCCCCO)N=Cc1ccccc1. The van der Waals surface area contributed by atoms with Gasteiger partial charge in [0.1, 0.15) is 0 Å². The summed E-state index contributed by atoms with van der Waals surface area (Å²) in [6, 6.07) is 10.6. The minimum atomic E-state index is 0.318. The average Bonchev–Trinajstić information content (AvgIpc) is 2.41. The zero-order valence-electron chi connectivity index (χ0n) is 11.1. The van der Waals surface area contributed by atoms with Crippen molar-refractivity contribution in [3.8, 4) is 0 Å². The van der Waals surface area contributed by atoms with E-state index in [2.05, 4.69) is 24.0 Å². The normalized spacial score (nSPS) is 13.0. The van der Waals surface area contributed by atoms with E-state index in [9.17, 15) is 0 Å². The molecule has 0 bridgehead atoms. The Labute approximate surface area is 115 Å². The Morgan fingerprint density at radius 1 is 1.22 bits per heavy atom. The smallest absolute Gasteiger partial charge is 0.0479 e. The van der Waals surface area contributed by atoms with Gasteiger partial charge in [-0.15, -0.1) is 0 Å². The Balaban J connectivity index is 2.10. The summed E-state index contributed by atoms with van der Waals surface area (Å²) in [7, 11) is 0. The minimum absolute atomic E-state index is 0.318. The van der Waals surface area contributed by atoms with E-state index in [1.165, 1.54) is 5.56 Å². The first-order chi connectivity index (χ1) is 8.83. The third-order valence-corrected chi connectivity index (χ3v) is 3.76. The van der Waals surface area contributed by atoms with Crippen molar-refractivity contribution in [1.29, 1.82) is 0 Å². The van der Waals surface area contributed by atoms with Crippen molar-refractivity contribution < 1.29 is 5.11 Å². The molecule has 1 aromatic carbocycles. The molecule has 0 saturated carbocycles. The number of unbranched alkanes of at least 4 members (excludes halogenated alkanes) is 1. The molecule has 1 aromatic rings. The predicted molar refractivity (Wildman–Crippen MR) is 81.8 cm³/mol. The molecule has 0 aliphatic rings. The van der Waals surface area contributed by atoms with Gasteiger partial charge in [-0.05, 0) is 43.3 Å². The van der Waals surface area contributed by atoms with Crippen LogP contribution >= 0.6 is 11.8 Å². The second-order valence-corrected chi connectivity index (χ2v) is 5.59. The molecule has 18 heavy (non-hydrogen) atoms. The lowest BCUT2D eigenvalue weighted by Crippen LogP contribution is -2.01. The van der Waals surface area contributed by atoms with Gasteiger partial charge in [-0.1, -0.05) is 30.3 Å². The third-order valence-electron chi connectivity index (χ3n) is 2.65. The topological polar surface area (TPSA) is 32.6 Å². The van der Waals surface area contributed by atoms with Crippen LogP contribution in [0.3, 0.4) is 0 Å². The summed E-state index contributed by atoms with van der Waals surface area (Å²) in [4.78, 5) is 4.55. The second kappa shape index (κ2) is 10.2. The lowest BCUT2D eigenvalue weighted by Gasteiger charge is -2.05. The van der Waals surface area contributed by atoms with Gasteiger partial charge in [0.25, 0.3) is 0 Å². The molecule has 1 rings (SSSR count). The molecule has 100 valence electrons. The Kier molecular flexibility index (Phi) is 8.61. The van der Waals surface area contributed by atoms with Crippen molar-refractivity contribution in [1.82, 2.24) is 0 Å². The summed E-state index contributed by atoms with van der Waals surface area (Å²) in [6.07, 6.45) is 5.12. The van der Waals surface area contributed by atoms with Gasteiger partial charge in [0, 0.05) is 18.9 Å². The molecule has 0 spiro atoms. The maximum atomic E-state index is 8.66. The maximum absolute atomic E-state index is 8.66. The second-order valence-electron chi connectivity index (χ2n) is 4.37. The molecule has 1 N–H and O–H groups in total. The highest BCUT2D eigenvalue weighted by Crippen LogP contribution is 2.09. The molecule has 0 aliphatic carbocycles. The summed E-state index contributed by atoms with van der Waals surface area (Å²) in [5.74, 6) is 2.30. The van der Waals surface area contributed by atoms with E-state index >= 15 is 0 Å². The van der Waals surface area contributed by atoms with E-state index in [0.29, 0.717) is 12.6 Å². The number of aliphatic imine (C=N–C) groups is 1. The van der Waals surface area contributed by atoms with Crippen molar-refractivity contribution in [3.63, 3.8) is 0 Å². The monoisotopic (exact) mass is 265 g/mol. The Morgan fingerprint density at radius 2 is 2.00 bits per heavy atom. The fraction of sp³-hybridized carbons (Fsp3) is 0.533. The molecule has 0 radical (unpaired) electrons. The number of hydrogen-bond acceptors (Lipinski definition) is 3. The number of nitrogens with zero attached hydrogens (tertiary/aromatic N) is 1. The van der Waals surface area contributed by atoms with Crippen molar-refractivity contribution in [2.45, 2.75) is 32.2 Å². The van der Waals surface area contributed by atoms with Gasteiger partial charge in [0.05, 0.1) is 0 Å². The van der Waals surface area contributed by atoms with E-state index in [1.807, 2.05) is 36.2 Å². The molecule has 0 aromatic heterocycles. The highest BCUT2D eigenvalue weighted by Gasteiger charge is 1.98. The zero-order chi connectivity index (χ0) is 13.1. The Morgan fingerprint density at radius 3 is 2.72 bits per heavy atom. The first kappa shape index (κ1) is 15.3. The van der Waals surface area contributed by atoms with Crippen LogP contribution in [0, 0.1) is 0 Å². The molecule has 2 nitrogen and oxygen atoms in total. The summed E-state index contributed by atoms with van der Waals surface area (Å²) in [5, 5.41) is 8.66. The first-order valence-electron chi connectivity index (χ1n) is 6.59. The molecule has 3 heteroatoms. The molecule has 0 heterocycles. The quantitative estimate of drug-likeness (QED) is 0.548. The van der Waals surface area contributed by atoms with Crippen LogP contribution in [-0.2, 0) is 0 Å². The molecule has 0 fully saturated rings. The third kappa shape index (κ3) is 7.51. The van der Waals surface area contributed by atoms with Crippen molar-refractivity contribution in [2.24, 2.45) is 4.99 Å². The average molecular weight is 265 g/mol. The molecular weight excluding hydrogens is 242 g/mol. The Bertz CT molecular complexity index is 327.